The number of nitrogens with two attached hydrogens (primary N) is 2. The minimum atomic E-state index is -1.63. The lowest BCUT2D eigenvalue weighted by atomic mass is 10.1. The van der Waals surface area contributed by atoms with Gasteiger partial charge < -0.3 is 47.6 Å². The third-order valence-corrected chi connectivity index (χ3v) is 5.03. The van der Waals surface area contributed by atoms with Crippen LogP contribution in [0.5, 0.6) is 0 Å². The Hall–Kier alpha value is -4.31. The maximum absolute atomic E-state index is 13.2. The number of H-pyrrole nitrogens is 2. The second-order valence-corrected chi connectivity index (χ2v) is 8.03. The first-order valence-electron chi connectivity index (χ1n) is 10.8. The van der Waals surface area contributed by atoms with Gasteiger partial charge in [0, 0.05) is 36.6 Å². The first kappa shape index (κ1) is 27.9. The summed E-state index contributed by atoms with van der Waals surface area (Å²) in [7, 11) is 0. The number of nitrogens with zero attached hydrogens (tertiary/aromatic N) is 2. The lowest BCUT2D eigenvalue weighted by Gasteiger charge is -2.25. The van der Waals surface area contributed by atoms with Gasteiger partial charge in [0.15, 0.2) is 6.04 Å². The molecule has 4 amide bonds. The van der Waals surface area contributed by atoms with Gasteiger partial charge in [-0.2, -0.15) is 0 Å². The van der Waals surface area contributed by atoms with Crippen LogP contribution in [-0.2, 0) is 36.8 Å². The molecule has 2 rings (SSSR count). The Bertz CT molecular complexity index is 1040. The molecular weight excluding hydrogens is 478 g/mol. The molecule has 0 aliphatic rings. The van der Waals surface area contributed by atoms with E-state index in [0.29, 0.717) is 11.4 Å². The number of aliphatic hydroxyl groups is 1. The number of nitrogens with one attached hydrogen (secondary N) is 5. The van der Waals surface area contributed by atoms with Crippen molar-refractivity contribution in [3.05, 3.63) is 36.4 Å². The SMILES string of the molecule is CC(O)C(NC(=O)C(Cc1cnc[nH]1)NC(=O)C(Cc1cnc[nH]1)NC(=O)C(N)CC(N)=O)C(=O)O. The average molecular weight is 508 g/mol. The van der Waals surface area contributed by atoms with Crippen molar-refractivity contribution in [3.63, 3.8) is 0 Å². The van der Waals surface area contributed by atoms with Crippen molar-refractivity contribution < 1.29 is 34.2 Å². The highest BCUT2D eigenvalue weighted by atomic mass is 16.4. The Kier molecular flexibility index (Phi) is 10.1. The maximum Gasteiger partial charge on any atom is 0.328 e. The number of carbonyl (C=O) groups excluding carboxylic acids is 4. The van der Waals surface area contributed by atoms with Crippen molar-refractivity contribution in [1.82, 2.24) is 35.9 Å². The Morgan fingerprint density at radius 1 is 0.917 bits per heavy atom. The molecule has 16 nitrogen and oxygen atoms in total. The molecule has 5 unspecified atom stereocenters. The fourth-order valence-electron chi connectivity index (χ4n) is 3.15. The Morgan fingerprint density at radius 3 is 1.78 bits per heavy atom. The smallest absolute Gasteiger partial charge is 0.328 e. The summed E-state index contributed by atoms with van der Waals surface area (Å²) in [6, 6.07) is -5.53. The third-order valence-electron chi connectivity index (χ3n) is 5.03. The second kappa shape index (κ2) is 13.0. The van der Waals surface area contributed by atoms with Crippen LogP contribution in [0.1, 0.15) is 24.7 Å². The molecule has 2 aromatic rings. The fourth-order valence-corrected chi connectivity index (χ4v) is 3.15. The molecular formula is C20H29N9O7. The second-order valence-electron chi connectivity index (χ2n) is 8.03. The summed E-state index contributed by atoms with van der Waals surface area (Å²) in [6.45, 7) is 1.19. The monoisotopic (exact) mass is 507 g/mol. The molecule has 0 saturated heterocycles. The van der Waals surface area contributed by atoms with E-state index in [0.717, 1.165) is 0 Å². The zero-order valence-corrected chi connectivity index (χ0v) is 19.3. The molecule has 0 spiro atoms. The summed E-state index contributed by atoms with van der Waals surface area (Å²) in [5, 5.41) is 26.1. The number of hydrogen-bond acceptors (Lipinski definition) is 9. The van der Waals surface area contributed by atoms with Crippen LogP contribution in [0.15, 0.2) is 25.0 Å². The largest absolute Gasteiger partial charge is 0.480 e. The van der Waals surface area contributed by atoms with Gasteiger partial charge in [-0.3, -0.25) is 19.2 Å². The first-order valence-corrected chi connectivity index (χ1v) is 10.8. The molecule has 0 bridgehead atoms. The predicted octanol–water partition coefficient (Wildman–Crippen LogP) is -3.96. The van der Waals surface area contributed by atoms with Gasteiger partial charge >= 0.3 is 5.97 Å². The van der Waals surface area contributed by atoms with E-state index in [4.69, 9.17) is 11.5 Å². The van der Waals surface area contributed by atoms with Gasteiger partial charge in [-0.05, 0) is 6.92 Å². The van der Waals surface area contributed by atoms with Crippen molar-refractivity contribution >= 4 is 29.6 Å². The van der Waals surface area contributed by atoms with E-state index >= 15 is 0 Å². The van der Waals surface area contributed by atoms with Crippen molar-refractivity contribution in [2.45, 2.75) is 56.5 Å². The van der Waals surface area contributed by atoms with Gasteiger partial charge in [0.2, 0.25) is 23.6 Å². The Labute approximate surface area is 204 Å². The van der Waals surface area contributed by atoms with E-state index in [1.165, 1.54) is 32.0 Å². The minimum absolute atomic E-state index is 0.0787. The molecule has 0 fully saturated rings. The quantitative estimate of drug-likeness (QED) is 0.120. The third kappa shape index (κ3) is 8.48. The number of carboxylic acid groups (broad SMARTS) is 1. The summed E-state index contributed by atoms with van der Waals surface area (Å²) in [6.07, 6.45) is 3.47. The maximum atomic E-state index is 13.2. The van der Waals surface area contributed by atoms with Gasteiger partial charge in [-0.1, -0.05) is 0 Å². The van der Waals surface area contributed by atoms with E-state index < -0.39 is 66.3 Å². The van der Waals surface area contributed by atoms with Crippen LogP contribution in [0.3, 0.4) is 0 Å². The summed E-state index contributed by atoms with van der Waals surface area (Å²) < 4.78 is 0. The molecule has 0 aromatic carbocycles. The average Bonchev–Trinajstić information content (AvgIpc) is 3.49. The summed E-state index contributed by atoms with van der Waals surface area (Å²) in [5.74, 6) is -4.83. The molecule has 0 aliphatic carbocycles. The number of imidazole rings is 2. The van der Waals surface area contributed by atoms with Crippen LogP contribution in [0.4, 0.5) is 0 Å². The summed E-state index contributed by atoms with van der Waals surface area (Å²) >= 11 is 0. The van der Waals surface area contributed by atoms with E-state index in [9.17, 15) is 34.2 Å². The molecule has 5 atom stereocenters. The van der Waals surface area contributed by atoms with Gasteiger partial charge in [-0.15, -0.1) is 0 Å². The first-order chi connectivity index (χ1) is 17.0. The summed E-state index contributed by atoms with van der Waals surface area (Å²) in [4.78, 5) is 74.3. The summed E-state index contributed by atoms with van der Waals surface area (Å²) in [5.41, 5.74) is 11.7. The molecule has 2 aromatic heterocycles. The molecule has 0 saturated carbocycles. The van der Waals surface area contributed by atoms with Gasteiger partial charge in [0.25, 0.3) is 0 Å². The zero-order chi connectivity index (χ0) is 26.8. The molecule has 2 heterocycles. The van der Waals surface area contributed by atoms with Gasteiger partial charge in [-0.25, -0.2) is 14.8 Å². The fraction of sp³-hybridized carbons (Fsp3) is 0.450. The molecule has 0 radical (unpaired) electrons. The number of aliphatic hydroxyl groups excluding tert-OH is 1. The zero-order valence-electron chi connectivity index (χ0n) is 19.3. The van der Waals surface area contributed by atoms with E-state index in [1.807, 2.05) is 0 Å². The highest BCUT2D eigenvalue weighted by Gasteiger charge is 2.32. The molecule has 0 aliphatic heterocycles. The molecule has 11 N–H and O–H groups in total. The highest BCUT2D eigenvalue weighted by molar-refractivity contribution is 5.95. The number of carboxylic acids is 1. The number of aromatic nitrogens is 4. The van der Waals surface area contributed by atoms with Gasteiger partial charge in [0.05, 0.1) is 31.2 Å². The van der Waals surface area contributed by atoms with Crippen molar-refractivity contribution in [1.29, 1.82) is 0 Å². The molecule has 16 heteroatoms. The van der Waals surface area contributed by atoms with Crippen LogP contribution in [0.25, 0.3) is 0 Å². The topological polar surface area (TPSA) is 271 Å². The highest BCUT2D eigenvalue weighted by Crippen LogP contribution is 2.05. The lowest BCUT2D eigenvalue weighted by molar-refractivity contribution is -0.145. The number of aromatic amines is 2. The minimum Gasteiger partial charge on any atom is -0.480 e. The number of aliphatic carboxylic acids is 1. The standard InChI is InChI=1S/C20H29N9O7/c1-9(30)16(20(35)36)29-19(34)14(3-11-6-24-8-26-11)28-18(33)13(2-10-5-23-7-25-10)27-17(32)12(21)4-15(22)31/h5-9,12-14,16,30H,2-4,21H2,1H3,(H2,22,31)(H,23,25)(H,24,26)(H,27,32)(H,28,33)(H,29,34)(H,35,36). The number of carbonyl (C=O) groups is 5. The Morgan fingerprint density at radius 2 is 1.39 bits per heavy atom. The number of amides is 4. The molecule has 36 heavy (non-hydrogen) atoms. The Balaban J connectivity index is 2.24. The normalized spacial score (nSPS) is 15.1. The number of hydrogen-bond donors (Lipinski definition) is 9. The van der Waals surface area contributed by atoms with E-state index in [2.05, 4.69) is 35.9 Å². The van der Waals surface area contributed by atoms with Crippen molar-refractivity contribution in [2.75, 3.05) is 0 Å². The molecule has 196 valence electrons. The van der Waals surface area contributed by atoms with Crippen LogP contribution in [0, 0.1) is 0 Å². The van der Waals surface area contributed by atoms with Crippen LogP contribution in [0.2, 0.25) is 0 Å². The van der Waals surface area contributed by atoms with E-state index in [-0.39, 0.29) is 12.8 Å². The lowest BCUT2D eigenvalue weighted by Crippen LogP contribution is -2.59. The van der Waals surface area contributed by atoms with Crippen LogP contribution < -0.4 is 27.4 Å². The predicted molar refractivity (Wildman–Crippen MR) is 121 cm³/mol. The number of rotatable bonds is 14. The van der Waals surface area contributed by atoms with Crippen LogP contribution in [-0.4, -0.2) is 90.0 Å². The number of primary amides is 1. The van der Waals surface area contributed by atoms with Gasteiger partial charge in [0.1, 0.15) is 12.1 Å². The van der Waals surface area contributed by atoms with E-state index in [1.54, 1.807) is 0 Å². The van der Waals surface area contributed by atoms with Crippen molar-refractivity contribution in [2.24, 2.45) is 11.5 Å². The van der Waals surface area contributed by atoms with Crippen molar-refractivity contribution in [3.8, 4) is 0 Å². The van der Waals surface area contributed by atoms with Crippen LogP contribution >= 0.6 is 0 Å².